The van der Waals surface area contributed by atoms with Crippen LogP contribution < -0.4 is 5.32 Å². The van der Waals surface area contributed by atoms with Crippen LogP contribution in [0.2, 0.25) is 0 Å². The lowest BCUT2D eigenvalue weighted by Crippen LogP contribution is -2.37. The van der Waals surface area contributed by atoms with Crippen LogP contribution >= 0.6 is 0 Å². The van der Waals surface area contributed by atoms with Gasteiger partial charge in [-0.2, -0.15) is 0 Å². The Hall–Kier alpha value is -0.770. The third-order valence-corrected chi connectivity index (χ3v) is 0.475. The Kier molecular flexibility index (Phi) is 1.50. The number of aliphatic hydroxyl groups is 1. The zero-order valence-corrected chi connectivity index (χ0v) is 5.30. The maximum absolute atomic E-state index is 10.00. The Bertz CT molecular complexity index is 164. The second-order valence-electron chi connectivity index (χ2n) is 2.11. The van der Waals surface area contributed by atoms with E-state index in [-0.39, 0.29) is 0 Å². The number of nitrogens with one attached hydrogen (secondary N) is 1. The van der Waals surface area contributed by atoms with E-state index < -0.39 is 18.2 Å². The van der Waals surface area contributed by atoms with Gasteiger partial charge in [-0.3, -0.25) is 0 Å². The summed E-state index contributed by atoms with van der Waals surface area (Å²) >= 11 is 0. The number of hydrogen-bond donors (Lipinski definition) is 3. The highest BCUT2D eigenvalue weighted by Gasteiger charge is 2.12. The van der Waals surface area contributed by atoms with Gasteiger partial charge in [-0.1, -0.05) is 0 Å². The van der Waals surface area contributed by atoms with Crippen molar-refractivity contribution in [1.82, 2.24) is 5.32 Å². The monoisotopic (exact) mass is 135 g/mol. The predicted molar refractivity (Wildman–Crippen MR) is 32.3 cm³/mol. The zero-order valence-electron chi connectivity index (χ0n) is 7.30. The second kappa shape index (κ2) is 2.68. The van der Waals surface area contributed by atoms with Gasteiger partial charge in [0.2, 0.25) is 0 Å². The molecule has 0 fully saturated rings. The molecule has 1 amide bonds. The first-order valence-electron chi connectivity index (χ1n) is 3.40. The van der Waals surface area contributed by atoms with E-state index in [0.29, 0.717) is 0 Å². The highest BCUT2D eigenvalue weighted by molar-refractivity contribution is 5.64. The Labute approximate surface area is 56.3 Å². The van der Waals surface area contributed by atoms with Crippen molar-refractivity contribution >= 4 is 6.09 Å². The molecule has 0 rings (SSSR count). The van der Waals surface area contributed by atoms with Crippen molar-refractivity contribution in [2.24, 2.45) is 0 Å². The van der Waals surface area contributed by atoms with Gasteiger partial charge in [0.15, 0.2) is 0 Å². The molecule has 4 heteroatoms. The topological polar surface area (TPSA) is 69.6 Å². The Morgan fingerprint density at radius 1 is 1.89 bits per heavy atom. The summed E-state index contributed by atoms with van der Waals surface area (Å²) in [4.78, 5) is 10.00. The highest BCUT2D eigenvalue weighted by atomic mass is 16.4. The standard InChI is InChI=1S/C5H11NO3/c1-5(2,9)3-6-4(7)8/h6,9H,3H2,1-2H3,(H,7,8)/i3D2. The van der Waals surface area contributed by atoms with E-state index in [0.717, 1.165) is 0 Å². The van der Waals surface area contributed by atoms with E-state index in [9.17, 15) is 4.79 Å². The van der Waals surface area contributed by atoms with Crippen molar-refractivity contribution < 1.29 is 17.7 Å². The molecule has 0 aliphatic carbocycles. The third-order valence-electron chi connectivity index (χ3n) is 0.475. The van der Waals surface area contributed by atoms with Gasteiger partial charge in [-0.15, -0.1) is 0 Å². The van der Waals surface area contributed by atoms with E-state index >= 15 is 0 Å². The molecule has 0 unspecified atom stereocenters. The first-order chi connectivity index (χ1) is 4.67. The fourth-order valence-corrected chi connectivity index (χ4v) is 0.206. The Balaban J connectivity index is 4.34. The molecule has 4 nitrogen and oxygen atoms in total. The molecule has 0 aliphatic rings. The molecule has 0 bridgehead atoms. The van der Waals surface area contributed by atoms with Crippen LogP contribution in [0.1, 0.15) is 16.6 Å². The summed E-state index contributed by atoms with van der Waals surface area (Å²) in [7, 11) is 0. The maximum Gasteiger partial charge on any atom is 0.404 e. The van der Waals surface area contributed by atoms with Crippen molar-refractivity contribution in [2.45, 2.75) is 19.4 Å². The lowest BCUT2D eigenvalue weighted by Gasteiger charge is -2.15. The van der Waals surface area contributed by atoms with E-state index in [4.69, 9.17) is 13.0 Å². The molecule has 0 aromatic heterocycles. The van der Waals surface area contributed by atoms with Gasteiger partial charge in [-0.05, 0) is 13.8 Å². The summed E-state index contributed by atoms with van der Waals surface area (Å²) in [6.07, 6.45) is -1.50. The molecule has 9 heavy (non-hydrogen) atoms. The number of hydrogen-bond acceptors (Lipinski definition) is 2. The molecule has 0 aromatic carbocycles. The largest absolute Gasteiger partial charge is 0.465 e. The summed E-state index contributed by atoms with van der Waals surface area (Å²) in [5.74, 6) is 0. The molecule has 0 radical (unpaired) electrons. The summed E-state index contributed by atoms with van der Waals surface area (Å²) < 4.78 is 14.1. The molecule has 54 valence electrons. The minimum Gasteiger partial charge on any atom is -0.465 e. The van der Waals surface area contributed by atoms with Gasteiger partial charge in [0.25, 0.3) is 0 Å². The predicted octanol–water partition coefficient (Wildman–Crippen LogP) is 0.0249. The fraction of sp³-hybridized carbons (Fsp3) is 0.800. The number of rotatable bonds is 2. The van der Waals surface area contributed by atoms with Gasteiger partial charge in [0, 0.05) is 6.50 Å². The van der Waals surface area contributed by atoms with Crippen molar-refractivity contribution in [3.8, 4) is 0 Å². The van der Waals surface area contributed by atoms with Crippen LogP contribution in [0.3, 0.4) is 0 Å². The van der Waals surface area contributed by atoms with Crippen LogP contribution in [0, 0.1) is 0 Å². The molecule has 0 atom stereocenters. The Morgan fingerprint density at radius 3 is 2.44 bits per heavy atom. The lowest BCUT2D eigenvalue weighted by atomic mass is 10.1. The second-order valence-corrected chi connectivity index (χ2v) is 2.11. The van der Waals surface area contributed by atoms with Gasteiger partial charge in [0.05, 0.1) is 8.34 Å². The molecular weight excluding hydrogens is 122 g/mol. The minimum atomic E-state index is -2.33. The summed E-state index contributed by atoms with van der Waals surface area (Å²) in [5, 5.41) is 18.8. The van der Waals surface area contributed by atoms with Crippen LogP contribution in [0.15, 0.2) is 0 Å². The van der Waals surface area contributed by atoms with Gasteiger partial charge < -0.3 is 15.5 Å². The third kappa shape index (κ3) is 7.23. The smallest absolute Gasteiger partial charge is 0.404 e. The van der Waals surface area contributed by atoms with E-state index in [1.165, 1.54) is 13.8 Å². The number of amides is 1. The molecule has 0 saturated heterocycles. The van der Waals surface area contributed by atoms with Crippen molar-refractivity contribution in [3.05, 3.63) is 0 Å². The Morgan fingerprint density at radius 2 is 2.33 bits per heavy atom. The van der Waals surface area contributed by atoms with E-state index in [1.807, 2.05) is 0 Å². The summed E-state index contributed by atoms with van der Waals surface area (Å²) in [6, 6.07) is 0. The molecular formula is C5H11NO3. The van der Waals surface area contributed by atoms with E-state index in [1.54, 1.807) is 5.32 Å². The molecule has 3 N–H and O–H groups in total. The quantitative estimate of drug-likeness (QED) is 0.500. The normalized spacial score (nSPS) is 15.9. The van der Waals surface area contributed by atoms with E-state index in [2.05, 4.69) is 0 Å². The minimum absolute atomic E-state index is 1.18. The van der Waals surface area contributed by atoms with Crippen LogP contribution in [0.4, 0.5) is 4.79 Å². The number of carboxylic acid groups (broad SMARTS) is 1. The SMILES string of the molecule is [2H]C([2H])(NC(=O)O)C(C)(C)O. The molecule has 0 saturated carbocycles. The lowest BCUT2D eigenvalue weighted by molar-refractivity contribution is 0.0785. The fourth-order valence-electron chi connectivity index (χ4n) is 0.206. The first kappa shape index (κ1) is 5.05. The maximum atomic E-state index is 10.00. The van der Waals surface area contributed by atoms with Gasteiger partial charge >= 0.3 is 6.09 Å². The highest BCUT2D eigenvalue weighted by Crippen LogP contribution is 1.96. The number of carbonyl (C=O) groups is 1. The first-order valence-corrected chi connectivity index (χ1v) is 2.40. The molecule has 0 aromatic rings. The van der Waals surface area contributed by atoms with Crippen LogP contribution in [0.5, 0.6) is 0 Å². The van der Waals surface area contributed by atoms with Gasteiger partial charge in [-0.25, -0.2) is 4.79 Å². The molecule has 0 aliphatic heterocycles. The van der Waals surface area contributed by atoms with Crippen molar-refractivity contribution in [3.63, 3.8) is 0 Å². The van der Waals surface area contributed by atoms with Crippen LogP contribution in [0.25, 0.3) is 0 Å². The molecule has 0 heterocycles. The average molecular weight is 135 g/mol. The zero-order chi connectivity index (χ0) is 9.28. The summed E-state index contributed by atoms with van der Waals surface area (Å²) in [5.41, 5.74) is -1.73. The van der Waals surface area contributed by atoms with Gasteiger partial charge in [0.1, 0.15) is 0 Å². The average Bonchev–Trinajstić information content (AvgIpc) is 1.56. The van der Waals surface area contributed by atoms with Crippen LogP contribution in [-0.4, -0.2) is 28.4 Å². The summed E-state index contributed by atoms with van der Waals surface area (Å²) in [6.45, 7) is 0.0325. The molecule has 0 spiro atoms. The van der Waals surface area contributed by atoms with Crippen LogP contribution in [-0.2, 0) is 0 Å². The van der Waals surface area contributed by atoms with Crippen molar-refractivity contribution in [1.29, 1.82) is 0 Å². The van der Waals surface area contributed by atoms with Crippen molar-refractivity contribution in [2.75, 3.05) is 6.50 Å².